The molecule has 2 aliphatic rings. The van der Waals surface area contributed by atoms with Crippen LogP contribution in [0.15, 0.2) is 24.3 Å². The van der Waals surface area contributed by atoms with Crippen LogP contribution in [-0.2, 0) is 16.1 Å². The van der Waals surface area contributed by atoms with Gasteiger partial charge in [0, 0.05) is 44.3 Å². The van der Waals surface area contributed by atoms with Crippen molar-refractivity contribution < 1.29 is 14.3 Å². The lowest BCUT2D eigenvalue weighted by Crippen LogP contribution is -2.53. The van der Waals surface area contributed by atoms with E-state index in [1.165, 1.54) is 0 Å². The number of piperidine rings is 1. The standard InChI is InChI=1S/C20H28ClN3O3/c1-2-27-20(26)24-12-10-23(11-13-24)19(25)17-7-5-9-22(15-17)14-16-6-3-4-8-18(16)21/h3-4,6,8,17H,2,5,7,9-15H2,1H3/t17-/m1/s1. The molecule has 1 atom stereocenters. The maximum absolute atomic E-state index is 13.0. The van der Waals surface area contributed by atoms with Crippen molar-refractivity contribution in [1.82, 2.24) is 14.7 Å². The molecule has 0 unspecified atom stereocenters. The van der Waals surface area contributed by atoms with Crippen LogP contribution in [0.5, 0.6) is 0 Å². The third-order valence-corrected chi connectivity index (χ3v) is 5.69. The molecule has 1 aromatic carbocycles. The largest absolute Gasteiger partial charge is 0.450 e. The van der Waals surface area contributed by atoms with Crippen molar-refractivity contribution in [2.45, 2.75) is 26.3 Å². The first-order valence-electron chi connectivity index (χ1n) is 9.74. The Labute approximate surface area is 166 Å². The number of hydrogen-bond acceptors (Lipinski definition) is 4. The van der Waals surface area contributed by atoms with Crippen LogP contribution in [0.25, 0.3) is 0 Å². The number of rotatable bonds is 4. The van der Waals surface area contributed by atoms with Crippen LogP contribution >= 0.6 is 11.6 Å². The summed E-state index contributed by atoms with van der Waals surface area (Å²) in [6, 6.07) is 7.88. The van der Waals surface area contributed by atoms with E-state index in [-0.39, 0.29) is 17.9 Å². The van der Waals surface area contributed by atoms with Crippen molar-refractivity contribution in [3.63, 3.8) is 0 Å². The highest BCUT2D eigenvalue weighted by Gasteiger charge is 2.32. The molecule has 0 bridgehead atoms. The molecule has 0 saturated carbocycles. The fourth-order valence-corrected chi connectivity index (χ4v) is 4.05. The molecule has 27 heavy (non-hydrogen) atoms. The zero-order valence-electron chi connectivity index (χ0n) is 15.9. The second-order valence-electron chi connectivity index (χ2n) is 7.18. The Kier molecular flexibility index (Phi) is 6.96. The van der Waals surface area contributed by atoms with E-state index in [4.69, 9.17) is 16.3 Å². The number of carbonyl (C=O) groups is 2. The van der Waals surface area contributed by atoms with Gasteiger partial charge < -0.3 is 14.5 Å². The van der Waals surface area contributed by atoms with E-state index in [2.05, 4.69) is 4.90 Å². The van der Waals surface area contributed by atoms with Crippen molar-refractivity contribution in [2.24, 2.45) is 5.92 Å². The van der Waals surface area contributed by atoms with Crippen LogP contribution in [-0.4, -0.2) is 72.6 Å². The van der Waals surface area contributed by atoms with Crippen LogP contribution in [0, 0.1) is 5.92 Å². The summed E-state index contributed by atoms with van der Waals surface area (Å²) in [5.74, 6) is 0.234. The SMILES string of the molecule is CCOC(=O)N1CCN(C(=O)[C@@H]2CCCN(Cc3ccccc3Cl)C2)CC1. The Bertz CT molecular complexity index is 662. The topological polar surface area (TPSA) is 53.1 Å². The molecule has 0 N–H and O–H groups in total. The van der Waals surface area contributed by atoms with E-state index in [1.54, 1.807) is 11.8 Å². The molecule has 6 nitrogen and oxygen atoms in total. The Hall–Kier alpha value is -1.79. The minimum atomic E-state index is -0.284. The third-order valence-electron chi connectivity index (χ3n) is 5.32. The number of nitrogens with zero attached hydrogens (tertiary/aromatic N) is 3. The Morgan fingerprint density at radius 1 is 1.11 bits per heavy atom. The van der Waals surface area contributed by atoms with E-state index in [0.29, 0.717) is 32.8 Å². The number of halogens is 1. The van der Waals surface area contributed by atoms with E-state index < -0.39 is 0 Å². The Morgan fingerprint density at radius 3 is 2.52 bits per heavy atom. The maximum atomic E-state index is 13.0. The quantitative estimate of drug-likeness (QED) is 0.789. The average Bonchev–Trinajstić information content (AvgIpc) is 2.70. The number of carbonyl (C=O) groups excluding carboxylic acids is 2. The molecular weight excluding hydrogens is 366 g/mol. The van der Waals surface area contributed by atoms with Crippen molar-refractivity contribution in [3.05, 3.63) is 34.9 Å². The van der Waals surface area contributed by atoms with Crippen LogP contribution in [0.4, 0.5) is 4.79 Å². The number of ether oxygens (including phenoxy) is 1. The number of hydrogen-bond donors (Lipinski definition) is 0. The molecule has 2 fully saturated rings. The van der Waals surface area contributed by atoms with Gasteiger partial charge in [0.1, 0.15) is 0 Å². The summed E-state index contributed by atoms with van der Waals surface area (Å²) in [6.07, 6.45) is 1.66. The van der Waals surface area contributed by atoms with Crippen LogP contribution < -0.4 is 0 Å². The van der Waals surface area contributed by atoms with Crippen LogP contribution in [0.1, 0.15) is 25.3 Å². The van der Waals surface area contributed by atoms with Gasteiger partial charge in [0.15, 0.2) is 0 Å². The van der Waals surface area contributed by atoms with Gasteiger partial charge in [-0.3, -0.25) is 9.69 Å². The summed E-state index contributed by atoms with van der Waals surface area (Å²) in [5, 5.41) is 0.779. The molecule has 0 radical (unpaired) electrons. The minimum Gasteiger partial charge on any atom is -0.450 e. The second kappa shape index (κ2) is 9.42. The first kappa shape index (κ1) is 20.0. The van der Waals surface area contributed by atoms with E-state index in [0.717, 1.165) is 43.1 Å². The number of likely N-dealkylation sites (tertiary alicyclic amines) is 1. The molecule has 0 aromatic heterocycles. The lowest BCUT2D eigenvalue weighted by molar-refractivity contribution is -0.139. The summed E-state index contributed by atoms with van der Waals surface area (Å²) >= 11 is 6.28. The molecule has 0 aliphatic carbocycles. The molecule has 148 valence electrons. The van der Waals surface area contributed by atoms with Crippen molar-refractivity contribution >= 4 is 23.6 Å². The number of benzene rings is 1. The first-order valence-corrected chi connectivity index (χ1v) is 10.1. The van der Waals surface area contributed by atoms with Crippen molar-refractivity contribution in [3.8, 4) is 0 Å². The summed E-state index contributed by atoms with van der Waals surface area (Å²) in [6.45, 7) is 6.96. The lowest BCUT2D eigenvalue weighted by Gasteiger charge is -2.38. The lowest BCUT2D eigenvalue weighted by atomic mass is 9.95. The summed E-state index contributed by atoms with van der Waals surface area (Å²) in [5.41, 5.74) is 1.11. The molecule has 7 heteroatoms. The Morgan fingerprint density at radius 2 is 1.81 bits per heavy atom. The van der Waals surface area contributed by atoms with Gasteiger partial charge in [0.25, 0.3) is 0 Å². The van der Waals surface area contributed by atoms with E-state index >= 15 is 0 Å². The van der Waals surface area contributed by atoms with E-state index in [1.807, 2.05) is 29.2 Å². The fraction of sp³-hybridized carbons (Fsp3) is 0.600. The van der Waals surface area contributed by atoms with Gasteiger partial charge in [-0.05, 0) is 37.9 Å². The molecule has 2 saturated heterocycles. The molecule has 0 spiro atoms. The van der Waals surface area contributed by atoms with Crippen LogP contribution in [0.3, 0.4) is 0 Å². The zero-order chi connectivity index (χ0) is 19.2. The number of amides is 2. The highest BCUT2D eigenvalue weighted by atomic mass is 35.5. The predicted molar refractivity (Wildman–Crippen MR) is 105 cm³/mol. The highest BCUT2D eigenvalue weighted by molar-refractivity contribution is 6.31. The van der Waals surface area contributed by atoms with E-state index in [9.17, 15) is 9.59 Å². The Balaban J connectivity index is 1.51. The monoisotopic (exact) mass is 393 g/mol. The van der Waals surface area contributed by atoms with Crippen molar-refractivity contribution in [2.75, 3.05) is 45.9 Å². The second-order valence-corrected chi connectivity index (χ2v) is 7.58. The number of piperazine rings is 1. The molecule has 2 amide bonds. The average molecular weight is 394 g/mol. The summed E-state index contributed by atoms with van der Waals surface area (Å²) < 4.78 is 5.04. The third kappa shape index (κ3) is 5.14. The van der Waals surface area contributed by atoms with Gasteiger partial charge >= 0.3 is 6.09 Å². The molecule has 1 aromatic rings. The normalized spacial score (nSPS) is 21.2. The maximum Gasteiger partial charge on any atom is 0.409 e. The summed E-state index contributed by atoms with van der Waals surface area (Å²) in [4.78, 5) is 30.7. The van der Waals surface area contributed by atoms with Gasteiger partial charge in [-0.15, -0.1) is 0 Å². The zero-order valence-corrected chi connectivity index (χ0v) is 16.7. The minimum absolute atomic E-state index is 0.0235. The smallest absolute Gasteiger partial charge is 0.409 e. The van der Waals surface area contributed by atoms with Gasteiger partial charge in [-0.1, -0.05) is 29.8 Å². The van der Waals surface area contributed by atoms with Gasteiger partial charge in [0.05, 0.1) is 12.5 Å². The van der Waals surface area contributed by atoms with Crippen molar-refractivity contribution in [1.29, 1.82) is 0 Å². The molecule has 2 aliphatic heterocycles. The highest BCUT2D eigenvalue weighted by Crippen LogP contribution is 2.24. The fourth-order valence-electron chi connectivity index (χ4n) is 3.85. The van der Waals surface area contributed by atoms with Gasteiger partial charge in [0.2, 0.25) is 5.91 Å². The summed E-state index contributed by atoms with van der Waals surface area (Å²) in [7, 11) is 0. The predicted octanol–water partition coefficient (Wildman–Crippen LogP) is 2.85. The first-order chi connectivity index (χ1) is 13.1. The van der Waals surface area contributed by atoms with Gasteiger partial charge in [-0.2, -0.15) is 0 Å². The van der Waals surface area contributed by atoms with Crippen LogP contribution in [0.2, 0.25) is 5.02 Å². The molecule has 3 rings (SSSR count). The molecule has 2 heterocycles. The molecular formula is C20H28ClN3O3. The van der Waals surface area contributed by atoms with Gasteiger partial charge in [-0.25, -0.2) is 4.79 Å².